The second-order valence-corrected chi connectivity index (χ2v) is 8.35. The summed E-state index contributed by atoms with van der Waals surface area (Å²) in [4.78, 5) is 50.8. The number of carbonyl (C=O) groups excluding carboxylic acids is 4. The lowest BCUT2D eigenvalue weighted by Crippen LogP contribution is -2.54. The van der Waals surface area contributed by atoms with Crippen molar-refractivity contribution in [1.82, 2.24) is 25.3 Å². The Morgan fingerprint density at radius 3 is 2.78 bits per heavy atom. The largest absolute Gasteiger partial charge is 0.378 e. The zero-order valence-corrected chi connectivity index (χ0v) is 17.5. The molecule has 0 aliphatic carbocycles. The monoisotopic (exact) mass is 436 g/mol. The molecule has 1 aromatic heterocycles. The van der Waals surface area contributed by atoms with Crippen LogP contribution >= 0.6 is 0 Å². The van der Waals surface area contributed by atoms with Gasteiger partial charge in [-0.15, -0.1) is 0 Å². The normalized spacial score (nSPS) is 23.3. The highest BCUT2D eigenvalue weighted by molar-refractivity contribution is 6.24. The van der Waals surface area contributed by atoms with Crippen LogP contribution in [0.3, 0.4) is 0 Å². The van der Waals surface area contributed by atoms with Crippen LogP contribution in [0.2, 0.25) is 0 Å². The SMILES string of the molecule is O=C1CCC(N2C(=O)c3cccc(CNc4cnn(C5CCCNC5)c4)c3C2=O)C(=O)N1. The summed E-state index contributed by atoms with van der Waals surface area (Å²) in [6.07, 6.45) is 6.12. The Labute approximate surface area is 184 Å². The van der Waals surface area contributed by atoms with Gasteiger partial charge in [0.25, 0.3) is 11.8 Å². The lowest BCUT2D eigenvalue weighted by atomic mass is 10.0. The van der Waals surface area contributed by atoms with E-state index in [1.54, 1.807) is 24.4 Å². The number of hydrogen-bond donors (Lipinski definition) is 3. The molecular weight excluding hydrogens is 412 g/mol. The lowest BCUT2D eigenvalue weighted by molar-refractivity contribution is -0.136. The molecule has 3 aliphatic heterocycles. The summed E-state index contributed by atoms with van der Waals surface area (Å²) in [5.74, 6) is -2.00. The Morgan fingerprint density at radius 2 is 2.00 bits per heavy atom. The number of rotatable bonds is 5. The minimum Gasteiger partial charge on any atom is -0.378 e. The van der Waals surface area contributed by atoms with E-state index in [9.17, 15) is 19.2 Å². The van der Waals surface area contributed by atoms with Crippen LogP contribution in [0.15, 0.2) is 30.6 Å². The highest BCUT2D eigenvalue weighted by Crippen LogP contribution is 2.30. The van der Waals surface area contributed by atoms with E-state index in [2.05, 4.69) is 21.0 Å². The molecule has 2 unspecified atom stereocenters. The van der Waals surface area contributed by atoms with Crippen molar-refractivity contribution in [2.24, 2.45) is 0 Å². The molecule has 10 heteroatoms. The number of carbonyl (C=O) groups is 4. The lowest BCUT2D eigenvalue weighted by Gasteiger charge is -2.27. The van der Waals surface area contributed by atoms with Gasteiger partial charge < -0.3 is 10.6 Å². The minimum absolute atomic E-state index is 0.0960. The van der Waals surface area contributed by atoms with Crippen LogP contribution in [0.5, 0.6) is 0 Å². The molecule has 2 aromatic rings. The molecule has 4 amide bonds. The summed E-state index contributed by atoms with van der Waals surface area (Å²) in [5, 5.41) is 13.3. The van der Waals surface area contributed by atoms with E-state index in [4.69, 9.17) is 0 Å². The first kappa shape index (κ1) is 20.4. The fraction of sp³-hybridized carbons (Fsp3) is 0.409. The first-order valence-electron chi connectivity index (χ1n) is 10.8. The van der Waals surface area contributed by atoms with Gasteiger partial charge in [0.2, 0.25) is 11.8 Å². The van der Waals surface area contributed by atoms with Crippen LogP contribution in [0.25, 0.3) is 0 Å². The van der Waals surface area contributed by atoms with Crippen molar-refractivity contribution in [2.45, 2.75) is 44.3 Å². The van der Waals surface area contributed by atoms with Crippen LogP contribution in [0.4, 0.5) is 5.69 Å². The highest BCUT2D eigenvalue weighted by atomic mass is 16.2. The Balaban J connectivity index is 1.33. The van der Waals surface area contributed by atoms with Crippen LogP contribution in [-0.2, 0) is 16.1 Å². The number of hydrogen-bond acceptors (Lipinski definition) is 7. The number of aromatic nitrogens is 2. The quantitative estimate of drug-likeness (QED) is 0.593. The van der Waals surface area contributed by atoms with Crippen molar-refractivity contribution in [3.63, 3.8) is 0 Å². The first-order chi connectivity index (χ1) is 15.5. The van der Waals surface area contributed by atoms with E-state index in [1.807, 2.05) is 10.9 Å². The topological polar surface area (TPSA) is 125 Å². The maximum atomic E-state index is 13.2. The molecule has 0 spiro atoms. The fourth-order valence-corrected chi connectivity index (χ4v) is 4.62. The molecular formula is C22H24N6O4. The van der Waals surface area contributed by atoms with Crippen LogP contribution in [0.1, 0.15) is 58.0 Å². The standard InChI is InChI=1S/C22H24N6O4/c29-18-7-6-17(20(30)26-18)28-21(31)16-5-1-3-13(19(16)22(28)32)9-24-14-10-25-27(12-14)15-4-2-8-23-11-15/h1,3,5,10,12,15,17,23-24H,2,4,6-9,11H2,(H,26,29,30). The third-order valence-corrected chi connectivity index (χ3v) is 6.28. The number of piperidine rings is 2. The van der Waals surface area contributed by atoms with Gasteiger partial charge in [-0.3, -0.25) is 34.1 Å². The molecule has 2 atom stereocenters. The van der Waals surface area contributed by atoms with E-state index in [-0.39, 0.29) is 18.4 Å². The predicted octanol–water partition coefficient (Wildman–Crippen LogP) is 0.821. The van der Waals surface area contributed by atoms with Crippen LogP contribution < -0.4 is 16.0 Å². The van der Waals surface area contributed by atoms with Gasteiger partial charge in [-0.2, -0.15) is 5.10 Å². The Hall–Kier alpha value is -3.53. The number of benzene rings is 1. The molecule has 2 fully saturated rings. The number of nitrogens with one attached hydrogen (secondary N) is 3. The average molecular weight is 436 g/mol. The molecule has 10 nitrogen and oxygen atoms in total. The van der Waals surface area contributed by atoms with Gasteiger partial charge in [-0.25, -0.2) is 0 Å². The molecule has 3 N–H and O–H groups in total. The van der Waals surface area contributed by atoms with Gasteiger partial charge in [-0.05, 0) is 37.4 Å². The van der Waals surface area contributed by atoms with Crippen LogP contribution in [0, 0.1) is 0 Å². The average Bonchev–Trinajstić information content (AvgIpc) is 3.37. The van der Waals surface area contributed by atoms with Gasteiger partial charge in [0.05, 0.1) is 29.1 Å². The third-order valence-electron chi connectivity index (χ3n) is 6.28. The number of anilines is 1. The number of amides is 4. The zero-order chi connectivity index (χ0) is 22.2. The summed E-state index contributed by atoms with van der Waals surface area (Å²) in [7, 11) is 0. The Morgan fingerprint density at radius 1 is 1.12 bits per heavy atom. The summed E-state index contributed by atoms with van der Waals surface area (Å²) >= 11 is 0. The summed E-state index contributed by atoms with van der Waals surface area (Å²) in [5.41, 5.74) is 2.08. The Bertz CT molecular complexity index is 1100. The molecule has 0 bridgehead atoms. The van der Waals surface area contributed by atoms with E-state index in [0.29, 0.717) is 23.7 Å². The third kappa shape index (κ3) is 3.56. The summed E-state index contributed by atoms with van der Waals surface area (Å²) in [6, 6.07) is 4.47. The second kappa shape index (κ2) is 8.19. The van der Waals surface area contributed by atoms with Crippen LogP contribution in [-0.4, -0.2) is 57.4 Å². The smallest absolute Gasteiger partial charge is 0.262 e. The number of fused-ring (bicyclic) bond motifs is 1. The zero-order valence-electron chi connectivity index (χ0n) is 17.5. The van der Waals surface area contributed by atoms with Gasteiger partial charge in [0.15, 0.2) is 0 Å². The molecule has 32 heavy (non-hydrogen) atoms. The van der Waals surface area contributed by atoms with Gasteiger partial charge in [-0.1, -0.05) is 12.1 Å². The van der Waals surface area contributed by atoms with Gasteiger partial charge >= 0.3 is 0 Å². The molecule has 4 heterocycles. The van der Waals surface area contributed by atoms with Crippen molar-refractivity contribution >= 4 is 29.3 Å². The predicted molar refractivity (Wildman–Crippen MR) is 114 cm³/mol. The fourth-order valence-electron chi connectivity index (χ4n) is 4.62. The maximum absolute atomic E-state index is 13.2. The van der Waals surface area contributed by atoms with Crippen molar-refractivity contribution in [2.75, 3.05) is 18.4 Å². The number of imide groups is 2. The highest BCUT2D eigenvalue weighted by Gasteiger charge is 2.45. The van der Waals surface area contributed by atoms with E-state index >= 15 is 0 Å². The second-order valence-electron chi connectivity index (χ2n) is 8.35. The molecule has 3 aliphatic rings. The number of nitrogens with zero attached hydrogens (tertiary/aromatic N) is 3. The maximum Gasteiger partial charge on any atom is 0.262 e. The van der Waals surface area contributed by atoms with Crippen molar-refractivity contribution in [3.8, 4) is 0 Å². The van der Waals surface area contributed by atoms with E-state index in [0.717, 1.165) is 36.5 Å². The molecule has 2 saturated heterocycles. The summed E-state index contributed by atoms with van der Waals surface area (Å²) < 4.78 is 1.95. The molecule has 0 saturated carbocycles. The minimum atomic E-state index is -0.969. The molecule has 1 aromatic carbocycles. The Kier molecular flexibility index (Phi) is 5.22. The first-order valence-corrected chi connectivity index (χ1v) is 10.8. The van der Waals surface area contributed by atoms with E-state index in [1.165, 1.54) is 0 Å². The molecule has 5 rings (SSSR count). The molecule has 166 valence electrons. The van der Waals surface area contributed by atoms with Gasteiger partial charge in [0.1, 0.15) is 6.04 Å². The van der Waals surface area contributed by atoms with Crippen molar-refractivity contribution < 1.29 is 19.2 Å². The van der Waals surface area contributed by atoms with Gasteiger partial charge in [0, 0.05) is 25.7 Å². The molecule has 0 radical (unpaired) electrons. The van der Waals surface area contributed by atoms with Crippen molar-refractivity contribution in [3.05, 3.63) is 47.3 Å². The van der Waals surface area contributed by atoms with E-state index < -0.39 is 29.7 Å². The van der Waals surface area contributed by atoms with Crippen molar-refractivity contribution in [1.29, 1.82) is 0 Å². The summed E-state index contributed by atoms with van der Waals surface area (Å²) in [6.45, 7) is 2.25.